The predicted octanol–water partition coefficient (Wildman–Crippen LogP) is 3.12. The van der Waals surface area contributed by atoms with Gasteiger partial charge in [0.2, 0.25) is 0 Å². The van der Waals surface area contributed by atoms with E-state index in [1.165, 1.54) is 0 Å². The number of alkyl carbamates (subject to hydrolysis) is 1. The Morgan fingerprint density at radius 2 is 1.64 bits per heavy atom. The molecular weight excluding hydrogens is 309 g/mol. The molecule has 22 heavy (non-hydrogen) atoms. The zero-order chi connectivity index (χ0) is 17.6. The molecule has 0 aliphatic rings. The van der Waals surface area contributed by atoms with Gasteiger partial charge in [-0.25, -0.2) is 4.79 Å². The van der Waals surface area contributed by atoms with Crippen molar-refractivity contribution in [1.29, 1.82) is 0 Å². The summed E-state index contributed by atoms with van der Waals surface area (Å²) >= 11 is 0. The molecule has 0 aliphatic heterocycles. The third kappa shape index (κ3) is 7.09. The van der Waals surface area contributed by atoms with Crippen LogP contribution in [0.2, 0.25) is 0 Å². The van der Waals surface area contributed by atoms with Crippen LogP contribution in [0.3, 0.4) is 0 Å². The van der Waals surface area contributed by atoms with Crippen LogP contribution in [0.25, 0.3) is 0 Å². The predicted molar refractivity (Wildman–Crippen MR) is 84.9 cm³/mol. The first-order valence-electron chi connectivity index (χ1n) is 7.53. The van der Waals surface area contributed by atoms with Crippen LogP contribution in [-0.4, -0.2) is 41.9 Å². The second-order valence-corrected chi connectivity index (χ2v) is 8.33. The number of ether oxygens (including phenoxy) is 1. The Labute approximate surface area is 133 Å². The van der Waals surface area contributed by atoms with Gasteiger partial charge in [-0.15, -0.1) is 0 Å². The summed E-state index contributed by atoms with van der Waals surface area (Å²) < 4.78 is 28.1. The van der Waals surface area contributed by atoms with Crippen LogP contribution >= 0.6 is 7.60 Å². The normalized spacial score (nSPS) is 15.5. The molecule has 0 rings (SSSR count). The first-order valence-corrected chi connectivity index (χ1v) is 9.14. The first-order chi connectivity index (χ1) is 9.96. The number of hydrogen-bond donors (Lipinski definition) is 2. The number of rotatable bonds is 8. The van der Waals surface area contributed by atoms with Gasteiger partial charge in [-0.1, -0.05) is 13.8 Å². The van der Waals surface area contributed by atoms with E-state index in [0.29, 0.717) is 0 Å². The molecule has 0 aromatic carbocycles. The van der Waals surface area contributed by atoms with Crippen LogP contribution in [0.15, 0.2) is 0 Å². The summed E-state index contributed by atoms with van der Waals surface area (Å²) in [5, 5.41) is 13.0. The van der Waals surface area contributed by atoms with Crippen LogP contribution in [0.5, 0.6) is 0 Å². The van der Waals surface area contributed by atoms with E-state index in [4.69, 9.17) is 13.8 Å². The van der Waals surface area contributed by atoms with E-state index in [-0.39, 0.29) is 19.1 Å². The highest BCUT2D eigenvalue weighted by atomic mass is 31.2. The van der Waals surface area contributed by atoms with Gasteiger partial charge >= 0.3 is 13.7 Å². The molecule has 0 aromatic rings. The van der Waals surface area contributed by atoms with Crippen molar-refractivity contribution in [3.8, 4) is 0 Å². The van der Waals surface area contributed by atoms with E-state index in [1.807, 2.05) is 0 Å². The van der Waals surface area contributed by atoms with Crippen molar-refractivity contribution < 1.29 is 28.3 Å². The molecule has 0 saturated carbocycles. The van der Waals surface area contributed by atoms with Gasteiger partial charge in [0.15, 0.2) is 5.85 Å². The molecule has 132 valence electrons. The average Bonchev–Trinajstić information content (AvgIpc) is 2.33. The van der Waals surface area contributed by atoms with E-state index >= 15 is 0 Å². The van der Waals surface area contributed by atoms with Gasteiger partial charge in [-0.2, -0.15) is 0 Å². The Hall–Kier alpha value is -0.620. The van der Waals surface area contributed by atoms with Crippen molar-refractivity contribution >= 4 is 13.7 Å². The van der Waals surface area contributed by atoms with Gasteiger partial charge in [0.1, 0.15) is 5.60 Å². The van der Waals surface area contributed by atoms with Crippen molar-refractivity contribution in [2.75, 3.05) is 13.2 Å². The largest absolute Gasteiger partial charge is 0.444 e. The van der Waals surface area contributed by atoms with Gasteiger partial charge in [0, 0.05) is 0 Å². The molecule has 0 radical (unpaired) electrons. The number of nitrogens with one attached hydrogen (secondary N) is 1. The van der Waals surface area contributed by atoms with Gasteiger partial charge < -0.3 is 24.2 Å². The van der Waals surface area contributed by atoms with Crippen molar-refractivity contribution in [3.05, 3.63) is 0 Å². The number of aliphatic hydroxyl groups excluding tert-OH is 1. The minimum Gasteiger partial charge on any atom is -0.444 e. The van der Waals surface area contributed by atoms with Gasteiger partial charge in [0.25, 0.3) is 0 Å². The molecule has 8 heteroatoms. The molecule has 7 nitrogen and oxygen atoms in total. The van der Waals surface area contributed by atoms with Crippen LogP contribution in [0, 0.1) is 5.92 Å². The molecular formula is C14H30NO6P. The van der Waals surface area contributed by atoms with E-state index in [1.54, 1.807) is 48.5 Å². The summed E-state index contributed by atoms with van der Waals surface area (Å²) in [6, 6.07) is -0.821. The third-order valence-corrected chi connectivity index (χ3v) is 4.87. The Morgan fingerprint density at radius 3 is 1.95 bits per heavy atom. The Kier molecular flexibility index (Phi) is 8.62. The Bertz CT molecular complexity index is 383. The Morgan fingerprint density at radius 1 is 1.18 bits per heavy atom. The fourth-order valence-electron chi connectivity index (χ4n) is 1.78. The van der Waals surface area contributed by atoms with Crippen molar-refractivity contribution in [2.24, 2.45) is 5.92 Å². The molecule has 0 bridgehead atoms. The lowest BCUT2D eigenvalue weighted by Gasteiger charge is -2.32. The Balaban J connectivity index is 5.14. The van der Waals surface area contributed by atoms with Gasteiger partial charge in [0.05, 0.1) is 19.3 Å². The molecule has 0 aromatic heterocycles. The number of aliphatic hydroxyl groups is 1. The average molecular weight is 339 g/mol. The quantitative estimate of drug-likeness (QED) is 0.660. The zero-order valence-corrected chi connectivity index (χ0v) is 15.5. The lowest BCUT2D eigenvalue weighted by atomic mass is 10.1. The summed E-state index contributed by atoms with van der Waals surface area (Å²) in [5.74, 6) is -1.67. The summed E-state index contributed by atoms with van der Waals surface area (Å²) in [6.07, 6.45) is -0.690. The minimum absolute atomic E-state index is 0.131. The SMILES string of the molecule is CCOP(=O)(OCC)[C@@H](O)[C@@H](NC(=O)OC(C)(C)C)C(C)C. The van der Waals surface area contributed by atoms with E-state index in [2.05, 4.69) is 5.32 Å². The highest BCUT2D eigenvalue weighted by Crippen LogP contribution is 2.53. The summed E-state index contributed by atoms with van der Waals surface area (Å²) in [6.45, 7) is 12.3. The number of amides is 1. The maximum atomic E-state index is 12.6. The first kappa shape index (κ1) is 21.4. The highest BCUT2D eigenvalue weighted by molar-refractivity contribution is 7.54. The second-order valence-electron chi connectivity index (χ2n) is 6.21. The molecule has 0 unspecified atom stereocenters. The van der Waals surface area contributed by atoms with Crippen LogP contribution in [0.4, 0.5) is 4.79 Å². The number of hydrogen-bond acceptors (Lipinski definition) is 6. The zero-order valence-electron chi connectivity index (χ0n) is 14.6. The maximum Gasteiger partial charge on any atom is 0.407 e. The minimum atomic E-state index is -3.74. The molecule has 0 spiro atoms. The standard InChI is InChI=1S/C14H30NO6P/c1-8-19-22(18,20-9-2)12(16)11(10(3)4)15-13(17)21-14(5,6)7/h10-12,16H,8-9H2,1-7H3,(H,15,17)/t11-,12+/m0/s1. The van der Waals surface area contributed by atoms with Crippen molar-refractivity contribution in [3.63, 3.8) is 0 Å². The lowest BCUT2D eigenvalue weighted by molar-refractivity contribution is 0.0415. The van der Waals surface area contributed by atoms with E-state index in [0.717, 1.165) is 0 Å². The summed E-state index contributed by atoms with van der Waals surface area (Å²) in [7, 11) is -3.74. The van der Waals surface area contributed by atoms with Crippen LogP contribution < -0.4 is 5.32 Å². The molecule has 2 atom stereocenters. The van der Waals surface area contributed by atoms with Crippen molar-refractivity contribution in [1.82, 2.24) is 5.32 Å². The fourth-order valence-corrected chi connectivity index (χ4v) is 3.69. The molecule has 0 heterocycles. The summed E-state index contributed by atoms with van der Waals surface area (Å²) in [4.78, 5) is 11.9. The van der Waals surface area contributed by atoms with Crippen LogP contribution in [-0.2, 0) is 18.3 Å². The molecule has 0 fully saturated rings. The van der Waals surface area contributed by atoms with E-state index in [9.17, 15) is 14.5 Å². The maximum absolute atomic E-state index is 12.6. The smallest absolute Gasteiger partial charge is 0.407 e. The highest BCUT2D eigenvalue weighted by Gasteiger charge is 2.42. The molecule has 0 saturated heterocycles. The molecule has 2 N–H and O–H groups in total. The summed E-state index contributed by atoms with van der Waals surface area (Å²) in [5.41, 5.74) is -0.667. The topological polar surface area (TPSA) is 94.1 Å². The fraction of sp³-hybridized carbons (Fsp3) is 0.929. The van der Waals surface area contributed by atoms with Gasteiger partial charge in [-0.3, -0.25) is 4.57 Å². The second kappa shape index (κ2) is 8.87. The number of carbonyl (C=O) groups excluding carboxylic acids is 1. The molecule has 0 aliphatic carbocycles. The van der Waals surface area contributed by atoms with Crippen LogP contribution in [0.1, 0.15) is 48.5 Å². The number of carbonyl (C=O) groups is 1. The third-order valence-electron chi connectivity index (χ3n) is 2.66. The lowest BCUT2D eigenvalue weighted by Crippen LogP contribution is -2.48. The van der Waals surface area contributed by atoms with Crippen molar-refractivity contribution in [2.45, 2.75) is 66.0 Å². The van der Waals surface area contributed by atoms with Gasteiger partial charge in [-0.05, 0) is 40.5 Å². The van der Waals surface area contributed by atoms with E-state index < -0.39 is 31.2 Å². The monoisotopic (exact) mass is 339 g/mol. The molecule has 1 amide bonds.